The molecule has 1 fully saturated rings. The maximum atomic E-state index is 5.51. The van der Waals surface area contributed by atoms with E-state index in [2.05, 4.69) is 36.0 Å². The van der Waals surface area contributed by atoms with E-state index in [4.69, 9.17) is 4.74 Å². The van der Waals surface area contributed by atoms with Gasteiger partial charge in [0.25, 0.3) is 0 Å². The molecule has 5 rings (SSSR count). The number of hydrogen-bond donors (Lipinski definition) is 2. The van der Waals surface area contributed by atoms with Crippen LogP contribution in [0.4, 0.5) is 11.6 Å². The lowest BCUT2D eigenvalue weighted by Crippen LogP contribution is -2.28. The van der Waals surface area contributed by atoms with Gasteiger partial charge in [-0.25, -0.2) is 4.98 Å². The van der Waals surface area contributed by atoms with Crippen LogP contribution in [0.2, 0.25) is 0 Å². The number of aromatic nitrogens is 7. The number of rotatable bonds is 8. The Balaban J connectivity index is 1.29. The number of nitrogens with zero attached hydrogens (tertiary/aromatic N) is 7. The molecular formula is C22H27N9O. The van der Waals surface area contributed by atoms with E-state index in [1.165, 1.54) is 12.8 Å². The number of fused-ring (bicyclic) bond motifs is 1. The van der Waals surface area contributed by atoms with Gasteiger partial charge < -0.3 is 15.4 Å². The second-order valence-corrected chi connectivity index (χ2v) is 7.93. The van der Waals surface area contributed by atoms with E-state index >= 15 is 0 Å². The van der Waals surface area contributed by atoms with Crippen LogP contribution in [-0.4, -0.2) is 54.4 Å². The SMILES string of the molecule is CCOc1ccc(-n2nnc3cnc(Nc4cnn(CCC5CCNCC5)c4)nc32)cc1. The summed E-state index contributed by atoms with van der Waals surface area (Å²) in [4.78, 5) is 9.01. The molecule has 166 valence electrons. The number of ether oxygens (including phenoxy) is 1. The largest absolute Gasteiger partial charge is 0.494 e. The first-order valence-electron chi connectivity index (χ1n) is 11.1. The van der Waals surface area contributed by atoms with Crippen molar-refractivity contribution in [2.75, 3.05) is 25.0 Å². The van der Waals surface area contributed by atoms with Crippen molar-refractivity contribution >= 4 is 22.8 Å². The summed E-state index contributed by atoms with van der Waals surface area (Å²) < 4.78 is 9.19. The Labute approximate surface area is 186 Å². The molecule has 0 aliphatic carbocycles. The van der Waals surface area contributed by atoms with Crippen LogP contribution in [0.15, 0.2) is 42.9 Å². The summed E-state index contributed by atoms with van der Waals surface area (Å²) in [6.45, 7) is 5.75. The van der Waals surface area contributed by atoms with E-state index in [1.807, 2.05) is 42.1 Å². The molecule has 10 nitrogen and oxygen atoms in total. The zero-order chi connectivity index (χ0) is 21.8. The lowest BCUT2D eigenvalue weighted by Gasteiger charge is -2.22. The van der Waals surface area contributed by atoms with Crippen molar-refractivity contribution < 1.29 is 4.74 Å². The Morgan fingerprint density at radius 3 is 2.81 bits per heavy atom. The van der Waals surface area contributed by atoms with Gasteiger partial charge in [0.1, 0.15) is 5.75 Å². The zero-order valence-electron chi connectivity index (χ0n) is 18.1. The van der Waals surface area contributed by atoms with Crippen LogP contribution in [0, 0.1) is 5.92 Å². The molecule has 4 heterocycles. The molecule has 0 atom stereocenters. The molecule has 1 aliphatic heterocycles. The van der Waals surface area contributed by atoms with E-state index in [0.717, 1.165) is 49.1 Å². The molecule has 32 heavy (non-hydrogen) atoms. The summed E-state index contributed by atoms with van der Waals surface area (Å²) >= 11 is 0. The van der Waals surface area contributed by atoms with Crippen LogP contribution in [0.25, 0.3) is 16.9 Å². The molecule has 0 amide bonds. The van der Waals surface area contributed by atoms with Crippen LogP contribution >= 0.6 is 0 Å². The standard InChI is InChI=1S/C22H27N9O/c1-2-32-19-5-3-18(4-6-19)31-21-20(28-29-31)14-24-22(27-21)26-17-13-25-30(15-17)12-9-16-7-10-23-11-8-16/h3-6,13-16,23H,2,7-12H2,1H3,(H,24,26,27). The Bertz CT molecular complexity index is 1160. The molecule has 0 radical (unpaired) electrons. The van der Waals surface area contributed by atoms with Gasteiger partial charge in [0.2, 0.25) is 5.95 Å². The lowest BCUT2D eigenvalue weighted by atomic mass is 9.95. The van der Waals surface area contributed by atoms with Crippen LogP contribution in [0.3, 0.4) is 0 Å². The van der Waals surface area contributed by atoms with Gasteiger partial charge in [0, 0.05) is 12.7 Å². The van der Waals surface area contributed by atoms with Crippen molar-refractivity contribution in [1.29, 1.82) is 0 Å². The topological polar surface area (TPSA) is 108 Å². The highest BCUT2D eigenvalue weighted by molar-refractivity contribution is 5.72. The lowest BCUT2D eigenvalue weighted by molar-refractivity contribution is 0.332. The molecule has 1 saturated heterocycles. The Kier molecular flexibility index (Phi) is 5.93. The average Bonchev–Trinajstić information content (AvgIpc) is 3.46. The second kappa shape index (κ2) is 9.31. The third kappa shape index (κ3) is 4.54. The summed E-state index contributed by atoms with van der Waals surface area (Å²) in [7, 11) is 0. The molecule has 10 heteroatoms. The van der Waals surface area contributed by atoms with Gasteiger partial charge >= 0.3 is 0 Å². The normalized spacial score (nSPS) is 14.7. The Morgan fingerprint density at radius 2 is 2.00 bits per heavy atom. The van der Waals surface area contributed by atoms with E-state index < -0.39 is 0 Å². The Morgan fingerprint density at radius 1 is 1.16 bits per heavy atom. The molecule has 0 saturated carbocycles. The van der Waals surface area contributed by atoms with Gasteiger partial charge in [-0.05, 0) is 69.5 Å². The average molecular weight is 434 g/mol. The van der Waals surface area contributed by atoms with Crippen LogP contribution < -0.4 is 15.4 Å². The van der Waals surface area contributed by atoms with Gasteiger partial charge in [-0.2, -0.15) is 14.8 Å². The Hall–Kier alpha value is -3.53. The van der Waals surface area contributed by atoms with E-state index in [0.29, 0.717) is 23.7 Å². The number of piperidine rings is 1. The molecule has 0 unspecified atom stereocenters. The summed E-state index contributed by atoms with van der Waals surface area (Å²) in [5.41, 5.74) is 2.97. The molecule has 2 N–H and O–H groups in total. The molecule has 0 bridgehead atoms. The first-order chi connectivity index (χ1) is 15.8. The van der Waals surface area contributed by atoms with Crippen LogP contribution in [-0.2, 0) is 6.54 Å². The van der Waals surface area contributed by atoms with Crippen molar-refractivity contribution in [2.45, 2.75) is 32.7 Å². The predicted octanol–water partition coefficient (Wildman–Crippen LogP) is 2.94. The third-order valence-corrected chi connectivity index (χ3v) is 5.70. The fraction of sp³-hybridized carbons (Fsp3) is 0.409. The van der Waals surface area contributed by atoms with Crippen molar-refractivity contribution in [3.05, 3.63) is 42.9 Å². The maximum absolute atomic E-state index is 5.51. The number of hydrogen-bond acceptors (Lipinski definition) is 8. The smallest absolute Gasteiger partial charge is 0.229 e. The van der Waals surface area contributed by atoms with Crippen molar-refractivity contribution in [1.82, 2.24) is 40.1 Å². The molecule has 3 aromatic heterocycles. The highest BCUT2D eigenvalue weighted by atomic mass is 16.5. The highest BCUT2D eigenvalue weighted by Gasteiger charge is 2.14. The molecule has 1 aromatic carbocycles. The quantitative estimate of drug-likeness (QED) is 0.437. The highest BCUT2D eigenvalue weighted by Crippen LogP contribution is 2.21. The van der Waals surface area contributed by atoms with Gasteiger partial charge in [-0.15, -0.1) is 5.10 Å². The first kappa shape index (κ1) is 20.4. The summed E-state index contributed by atoms with van der Waals surface area (Å²) in [5, 5.41) is 19.6. The van der Waals surface area contributed by atoms with Crippen molar-refractivity contribution in [2.24, 2.45) is 5.92 Å². The number of anilines is 2. The monoisotopic (exact) mass is 433 g/mol. The second-order valence-electron chi connectivity index (χ2n) is 7.93. The summed E-state index contributed by atoms with van der Waals surface area (Å²) in [6, 6.07) is 7.68. The predicted molar refractivity (Wildman–Crippen MR) is 121 cm³/mol. The number of aryl methyl sites for hydroxylation is 1. The van der Waals surface area contributed by atoms with Gasteiger partial charge in [0.15, 0.2) is 11.2 Å². The van der Waals surface area contributed by atoms with Crippen molar-refractivity contribution in [3.8, 4) is 11.4 Å². The number of benzene rings is 1. The molecule has 1 aliphatic rings. The van der Waals surface area contributed by atoms with Gasteiger partial charge in [-0.3, -0.25) is 4.68 Å². The molecular weight excluding hydrogens is 406 g/mol. The fourth-order valence-electron chi connectivity index (χ4n) is 3.98. The molecule has 4 aromatic rings. The van der Waals surface area contributed by atoms with E-state index in [1.54, 1.807) is 17.1 Å². The van der Waals surface area contributed by atoms with Gasteiger partial charge in [-0.1, -0.05) is 5.21 Å². The zero-order valence-corrected chi connectivity index (χ0v) is 18.1. The van der Waals surface area contributed by atoms with Crippen LogP contribution in [0.1, 0.15) is 26.2 Å². The minimum atomic E-state index is 0.477. The van der Waals surface area contributed by atoms with Gasteiger partial charge in [0.05, 0.1) is 30.4 Å². The first-order valence-corrected chi connectivity index (χ1v) is 11.1. The minimum absolute atomic E-state index is 0.477. The van der Waals surface area contributed by atoms with Crippen molar-refractivity contribution in [3.63, 3.8) is 0 Å². The molecule has 0 spiro atoms. The third-order valence-electron chi connectivity index (χ3n) is 5.70. The maximum Gasteiger partial charge on any atom is 0.229 e. The number of nitrogens with one attached hydrogen (secondary N) is 2. The summed E-state index contributed by atoms with van der Waals surface area (Å²) in [6.07, 6.45) is 9.11. The fourth-order valence-corrected chi connectivity index (χ4v) is 3.98. The van der Waals surface area contributed by atoms with E-state index in [-0.39, 0.29) is 0 Å². The van der Waals surface area contributed by atoms with Crippen LogP contribution in [0.5, 0.6) is 5.75 Å². The summed E-state index contributed by atoms with van der Waals surface area (Å²) in [5.74, 6) is 2.07. The van der Waals surface area contributed by atoms with E-state index in [9.17, 15) is 0 Å². The minimum Gasteiger partial charge on any atom is -0.494 e.